The van der Waals surface area contributed by atoms with Gasteiger partial charge in [-0.05, 0) is 52.7 Å². The molecule has 0 amide bonds. The number of benzene rings is 4. The molecule has 1 unspecified atom stereocenters. The van der Waals surface area contributed by atoms with Gasteiger partial charge in [0.25, 0.3) is 0 Å². The van der Waals surface area contributed by atoms with Gasteiger partial charge >= 0.3 is 6.18 Å². The minimum absolute atomic E-state index is 0.245. The molecule has 0 bridgehead atoms. The van der Waals surface area contributed by atoms with E-state index in [9.17, 15) is 18.3 Å². The van der Waals surface area contributed by atoms with E-state index in [1.807, 2.05) is 54.6 Å². The molecule has 1 atom stereocenters. The monoisotopic (exact) mass is 448 g/mol. The van der Waals surface area contributed by atoms with Gasteiger partial charge in [-0.25, -0.2) is 4.68 Å². The van der Waals surface area contributed by atoms with Crippen molar-refractivity contribution in [3.8, 4) is 11.4 Å². The van der Waals surface area contributed by atoms with Gasteiger partial charge in [0, 0.05) is 5.39 Å². The summed E-state index contributed by atoms with van der Waals surface area (Å²) in [6.07, 6.45) is -3.47. The minimum Gasteiger partial charge on any atom is -0.490 e. The summed E-state index contributed by atoms with van der Waals surface area (Å²) in [7, 11) is 0. The SMILES string of the molecule is OC(COc1ccc2ccccc2c1)(c1ccc2c(cnn2-c2ccccc2)c1)C(F)(F)F. The van der Waals surface area contributed by atoms with E-state index in [1.165, 1.54) is 24.4 Å². The number of alkyl halides is 3. The number of halogens is 3. The van der Waals surface area contributed by atoms with Crippen LogP contribution < -0.4 is 4.74 Å². The average Bonchev–Trinajstić information content (AvgIpc) is 3.25. The molecule has 7 heteroatoms. The van der Waals surface area contributed by atoms with E-state index in [0.29, 0.717) is 10.9 Å². The molecule has 0 spiro atoms. The Morgan fingerprint density at radius 2 is 1.52 bits per heavy atom. The number of hydrogen-bond acceptors (Lipinski definition) is 3. The first-order chi connectivity index (χ1) is 15.8. The van der Waals surface area contributed by atoms with Crippen molar-refractivity contribution in [1.29, 1.82) is 0 Å². The third kappa shape index (κ3) is 3.81. The molecule has 0 aliphatic carbocycles. The number of fused-ring (bicyclic) bond motifs is 2. The van der Waals surface area contributed by atoms with Gasteiger partial charge in [-0.1, -0.05) is 54.6 Å². The smallest absolute Gasteiger partial charge is 0.424 e. The van der Waals surface area contributed by atoms with E-state index in [2.05, 4.69) is 5.10 Å². The van der Waals surface area contributed by atoms with Crippen molar-refractivity contribution in [1.82, 2.24) is 9.78 Å². The highest BCUT2D eigenvalue weighted by atomic mass is 19.4. The first-order valence-corrected chi connectivity index (χ1v) is 10.3. The molecular formula is C26H19F3N2O2. The summed E-state index contributed by atoms with van der Waals surface area (Å²) in [6.45, 7) is -0.979. The second-order valence-electron chi connectivity index (χ2n) is 7.82. The molecule has 33 heavy (non-hydrogen) atoms. The maximum absolute atomic E-state index is 14.1. The van der Waals surface area contributed by atoms with Crippen LogP contribution in [-0.4, -0.2) is 27.7 Å². The summed E-state index contributed by atoms with van der Waals surface area (Å²) in [5.41, 5.74) is -2.09. The van der Waals surface area contributed by atoms with E-state index < -0.39 is 18.4 Å². The highest BCUT2D eigenvalue weighted by Gasteiger charge is 2.56. The molecule has 0 saturated carbocycles. The van der Waals surface area contributed by atoms with Gasteiger partial charge in [-0.3, -0.25) is 0 Å². The topological polar surface area (TPSA) is 47.3 Å². The third-order valence-corrected chi connectivity index (χ3v) is 5.68. The van der Waals surface area contributed by atoms with Crippen molar-refractivity contribution in [2.75, 3.05) is 6.61 Å². The first-order valence-electron chi connectivity index (χ1n) is 10.3. The maximum atomic E-state index is 14.1. The van der Waals surface area contributed by atoms with Gasteiger partial charge in [0.15, 0.2) is 0 Å². The first kappa shape index (κ1) is 21.0. The number of nitrogens with zero attached hydrogens (tertiary/aromatic N) is 2. The van der Waals surface area contributed by atoms with Crippen LogP contribution in [0, 0.1) is 0 Å². The molecule has 1 N–H and O–H groups in total. The fraction of sp³-hybridized carbons (Fsp3) is 0.115. The second-order valence-corrected chi connectivity index (χ2v) is 7.82. The Kier molecular flexibility index (Phi) is 5.06. The molecule has 1 heterocycles. The van der Waals surface area contributed by atoms with Gasteiger partial charge in [-0.2, -0.15) is 18.3 Å². The summed E-state index contributed by atoms with van der Waals surface area (Å²) in [4.78, 5) is 0. The van der Waals surface area contributed by atoms with Gasteiger partial charge in [0.2, 0.25) is 5.60 Å². The van der Waals surface area contributed by atoms with Crippen LogP contribution in [0.3, 0.4) is 0 Å². The van der Waals surface area contributed by atoms with E-state index in [-0.39, 0.29) is 11.3 Å². The molecule has 4 aromatic carbocycles. The van der Waals surface area contributed by atoms with Crippen LogP contribution >= 0.6 is 0 Å². The lowest BCUT2D eigenvalue weighted by Gasteiger charge is -2.31. The zero-order valence-corrected chi connectivity index (χ0v) is 17.3. The molecule has 0 fully saturated rings. The Labute approximate surface area is 187 Å². The normalized spacial score (nSPS) is 13.8. The van der Waals surface area contributed by atoms with Crippen LogP contribution in [0.4, 0.5) is 13.2 Å². The largest absolute Gasteiger partial charge is 0.490 e. The van der Waals surface area contributed by atoms with Crippen molar-refractivity contribution < 1.29 is 23.0 Å². The predicted octanol–water partition coefficient (Wildman–Crippen LogP) is 6.01. The van der Waals surface area contributed by atoms with Crippen molar-refractivity contribution in [3.63, 3.8) is 0 Å². The highest BCUT2D eigenvalue weighted by molar-refractivity contribution is 5.84. The fourth-order valence-corrected chi connectivity index (χ4v) is 3.84. The Bertz CT molecular complexity index is 1430. The van der Waals surface area contributed by atoms with Crippen LogP contribution in [0.5, 0.6) is 5.75 Å². The molecule has 5 aromatic rings. The number of aliphatic hydroxyl groups is 1. The molecule has 0 aliphatic heterocycles. The van der Waals surface area contributed by atoms with E-state index in [4.69, 9.17) is 4.74 Å². The lowest BCUT2D eigenvalue weighted by molar-refractivity contribution is -0.275. The highest BCUT2D eigenvalue weighted by Crippen LogP contribution is 2.40. The zero-order valence-electron chi connectivity index (χ0n) is 17.3. The molecule has 0 aliphatic rings. The number of hydrogen-bond donors (Lipinski definition) is 1. The lowest BCUT2D eigenvalue weighted by atomic mass is 9.93. The van der Waals surface area contributed by atoms with E-state index in [0.717, 1.165) is 16.5 Å². The van der Waals surface area contributed by atoms with Crippen LogP contribution in [-0.2, 0) is 5.60 Å². The summed E-state index contributed by atoms with van der Waals surface area (Å²) < 4.78 is 49.3. The van der Waals surface area contributed by atoms with Crippen LogP contribution in [0.15, 0.2) is 97.2 Å². The van der Waals surface area contributed by atoms with Gasteiger partial charge < -0.3 is 9.84 Å². The number of rotatable bonds is 5. The molecule has 1 aromatic heterocycles. The second kappa shape index (κ2) is 7.94. The van der Waals surface area contributed by atoms with Crippen molar-refractivity contribution in [2.24, 2.45) is 0 Å². The lowest BCUT2D eigenvalue weighted by Crippen LogP contribution is -2.47. The molecular weight excluding hydrogens is 429 g/mol. The van der Waals surface area contributed by atoms with Crippen LogP contribution in [0.25, 0.3) is 27.4 Å². The summed E-state index contributed by atoms with van der Waals surface area (Å²) in [6, 6.07) is 25.8. The zero-order chi connectivity index (χ0) is 23.1. The number of para-hydroxylation sites is 1. The van der Waals surface area contributed by atoms with Crippen molar-refractivity contribution in [2.45, 2.75) is 11.8 Å². The summed E-state index contributed by atoms with van der Waals surface area (Å²) in [5, 5.41) is 17.3. The molecule has 166 valence electrons. The Hall–Kier alpha value is -3.84. The molecule has 5 rings (SSSR count). The Morgan fingerprint density at radius 3 is 2.27 bits per heavy atom. The van der Waals surface area contributed by atoms with E-state index in [1.54, 1.807) is 22.9 Å². The Morgan fingerprint density at radius 1 is 0.788 bits per heavy atom. The van der Waals surface area contributed by atoms with Crippen molar-refractivity contribution >= 4 is 21.7 Å². The third-order valence-electron chi connectivity index (χ3n) is 5.68. The van der Waals surface area contributed by atoms with Crippen LogP contribution in [0.2, 0.25) is 0 Å². The van der Waals surface area contributed by atoms with Gasteiger partial charge in [0.05, 0.1) is 17.4 Å². The van der Waals surface area contributed by atoms with Gasteiger partial charge in [-0.15, -0.1) is 0 Å². The average molecular weight is 448 g/mol. The van der Waals surface area contributed by atoms with Gasteiger partial charge in [0.1, 0.15) is 12.4 Å². The maximum Gasteiger partial charge on any atom is 0.424 e. The fourth-order valence-electron chi connectivity index (χ4n) is 3.84. The molecule has 4 nitrogen and oxygen atoms in total. The van der Waals surface area contributed by atoms with E-state index >= 15 is 0 Å². The standard InChI is InChI=1S/C26H19F3N2O2/c27-26(28,29)25(32,17-33-23-12-10-18-6-4-5-7-19(18)15-23)21-11-13-24-20(14-21)16-30-31(24)22-8-2-1-3-9-22/h1-16,32H,17H2. The molecule has 0 radical (unpaired) electrons. The number of ether oxygens (including phenoxy) is 1. The summed E-state index contributed by atoms with van der Waals surface area (Å²) >= 11 is 0. The van der Waals surface area contributed by atoms with Crippen molar-refractivity contribution in [3.05, 3.63) is 103 Å². The minimum atomic E-state index is -4.95. The van der Waals surface area contributed by atoms with Crippen LogP contribution in [0.1, 0.15) is 5.56 Å². The predicted molar refractivity (Wildman–Crippen MR) is 120 cm³/mol. The molecule has 0 saturated heterocycles. The quantitative estimate of drug-likeness (QED) is 0.358. The number of aromatic nitrogens is 2. The summed E-state index contributed by atoms with van der Waals surface area (Å²) in [5.74, 6) is 0.245. The Balaban J connectivity index is 1.48.